The monoisotopic (exact) mass is 572 g/mol. The minimum atomic E-state index is -0.615. The van der Waals surface area contributed by atoms with E-state index >= 15 is 4.39 Å². The van der Waals surface area contributed by atoms with E-state index in [1.807, 2.05) is 16.8 Å². The summed E-state index contributed by atoms with van der Waals surface area (Å²) in [5.41, 5.74) is 3.07. The minimum Gasteiger partial charge on any atom is -0.325 e. The van der Waals surface area contributed by atoms with Crippen molar-refractivity contribution in [1.82, 2.24) is 34.3 Å². The van der Waals surface area contributed by atoms with Crippen LogP contribution >= 0.6 is 0 Å². The van der Waals surface area contributed by atoms with E-state index < -0.39 is 11.6 Å². The molecule has 3 aromatic heterocycles. The lowest BCUT2D eigenvalue weighted by Gasteiger charge is -2.46. The van der Waals surface area contributed by atoms with Gasteiger partial charge in [-0.3, -0.25) is 4.90 Å². The van der Waals surface area contributed by atoms with E-state index in [0.29, 0.717) is 27.8 Å². The standard InChI is InChI=1S/C32H38F2N8/c1-3-40-12-8-32(9-13-40)10-14-41(15-11-32)20-22-5-6-27(35-18-22)37-31-36-19-25(34)29(39-31)23-16-24(33)30-26(17-23)42-21(2)4-7-28(42)38-30/h5-6,16-19,21H,3-4,7-15,20H2,1-2H3,(H,35,36,37,39). The van der Waals surface area contributed by atoms with Crippen LogP contribution in [-0.4, -0.2) is 67.0 Å². The maximum atomic E-state index is 15.0. The van der Waals surface area contributed by atoms with Crippen LogP contribution in [0.2, 0.25) is 0 Å². The van der Waals surface area contributed by atoms with Gasteiger partial charge in [0, 0.05) is 30.8 Å². The van der Waals surface area contributed by atoms with Gasteiger partial charge in [0.1, 0.15) is 22.9 Å². The van der Waals surface area contributed by atoms with E-state index in [2.05, 4.69) is 55.0 Å². The minimum absolute atomic E-state index is 0.0364. The fraction of sp³-hybridized carbons (Fsp3) is 0.500. The summed E-state index contributed by atoms with van der Waals surface area (Å²) in [6.07, 6.45) is 9.98. The van der Waals surface area contributed by atoms with Gasteiger partial charge in [0.15, 0.2) is 11.6 Å². The Hall–Kier alpha value is -3.50. The second-order valence-electron chi connectivity index (χ2n) is 12.4. The Balaban J connectivity index is 1.02. The average molecular weight is 573 g/mol. The van der Waals surface area contributed by atoms with Crippen LogP contribution in [0.3, 0.4) is 0 Å². The summed E-state index contributed by atoms with van der Waals surface area (Å²) in [6, 6.07) is 7.26. The quantitative estimate of drug-likeness (QED) is 0.299. The molecular formula is C32H38F2N8. The van der Waals surface area contributed by atoms with Gasteiger partial charge >= 0.3 is 0 Å². The third-order valence-corrected chi connectivity index (χ3v) is 9.82. The molecule has 3 aliphatic rings. The summed E-state index contributed by atoms with van der Waals surface area (Å²) < 4.78 is 32.0. The lowest BCUT2D eigenvalue weighted by molar-refractivity contribution is 0.0340. The number of nitrogens with one attached hydrogen (secondary N) is 1. The molecule has 0 saturated carbocycles. The number of aromatic nitrogens is 5. The Morgan fingerprint density at radius 3 is 2.40 bits per heavy atom. The topological polar surface area (TPSA) is 75.0 Å². The number of pyridine rings is 1. The Morgan fingerprint density at radius 2 is 1.69 bits per heavy atom. The number of imidazole rings is 1. The van der Waals surface area contributed by atoms with Crippen LogP contribution in [0, 0.1) is 17.0 Å². The van der Waals surface area contributed by atoms with Gasteiger partial charge in [-0.05, 0) is 101 Å². The zero-order chi connectivity index (χ0) is 28.8. The predicted octanol–water partition coefficient (Wildman–Crippen LogP) is 6.12. The number of nitrogens with zero attached hydrogens (tertiary/aromatic N) is 7. The Morgan fingerprint density at radius 1 is 0.929 bits per heavy atom. The SMILES string of the molecule is CCN1CCC2(CC1)CCN(Cc1ccc(Nc3ncc(F)c(-c4cc(F)c5nc6n(c5c4)C(C)CC6)n3)nc1)CC2. The van der Waals surface area contributed by atoms with Crippen molar-refractivity contribution >= 4 is 22.8 Å². The van der Waals surface area contributed by atoms with E-state index in [-0.39, 0.29) is 17.7 Å². The number of hydrogen-bond acceptors (Lipinski definition) is 7. The van der Waals surface area contributed by atoms with Crippen LogP contribution in [0.1, 0.15) is 63.4 Å². The first kappa shape index (κ1) is 27.3. The second kappa shape index (κ2) is 11.0. The molecule has 4 aromatic rings. The molecule has 1 aromatic carbocycles. The first-order chi connectivity index (χ1) is 20.4. The molecular weight excluding hydrogens is 534 g/mol. The molecule has 1 atom stereocenters. The highest BCUT2D eigenvalue weighted by molar-refractivity contribution is 5.83. The summed E-state index contributed by atoms with van der Waals surface area (Å²) in [5, 5.41) is 3.09. The van der Waals surface area contributed by atoms with Crippen LogP contribution in [0.25, 0.3) is 22.3 Å². The summed E-state index contributed by atoms with van der Waals surface area (Å²) in [7, 11) is 0. The lowest BCUT2D eigenvalue weighted by Crippen LogP contribution is -2.46. The van der Waals surface area contributed by atoms with E-state index in [1.165, 1.54) is 44.8 Å². The second-order valence-corrected chi connectivity index (χ2v) is 12.4. The number of rotatable bonds is 6. The summed E-state index contributed by atoms with van der Waals surface area (Å²) in [6.45, 7) is 11.1. The zero-order valence-electron chi connectivity index (χ0n) is 24.4. The van der Waals surface area contributed by atoms with Gasteiger partial charge < -0.3 is 14.8 Å². The number of piperidine rings is 2. The van der Waals surface area contributed by atoms with Crippen LogP contribution in [0.4, 0.5) is 20.5 Å². The van der Waals surface area contributed by atoms with Crippen molar-refractivity contribution in [3.8, 4) is 11.3 Å². The number of anilines is 2. The molecule has 7 rings (SSSR count). The predicted molar refractivity (Wildman–Crippen MR) is 160 cm³/mol. The smallest absolute Gasteiger partial charge is 0.229 e. The highest BCUT2D eigenvalue weighted by atomic mass is 19.1. The van der Waals surface area contributed by atoms with Crippen LogP contribution in [-0.2, 0) is 13.0 Å². The molecule has 10 heteroatoms. The van der Waals surface area contributed by atoms with Gasteiger partial charge in [-0.25, -0.2) is 28.7 Å². The van der Waals surface area contributed by atoms with Gasteiger partial charge in [-0.15, -0.1) is 0 Å². The van der Waals surface area contributed by atoms with Crippen molar-refractivity contribution in [2.75, 3.05) is 38.0 Å². The zero-order valence-corrected chi connectivity index (χ0v) is 24.4. The first-order valence-electron chi connectivity index (χ1n) is 15.3. The van der Waals surface area contributed by atoms with E-state index in [0.717, 1.165) is 56.6 Å². The molecule has 2 fully saturated rings. The van der Waals surface area contributed by atoms with Gasteiger partial charge in [0.05, 0.1) is 11.7 Å². The molecule has 1 N–H and O–H groups in total. The van der Waals surface area contributed by atoms with Gasteiger partial charge in [-0.1, -0.05) is 13.0 Å². The maximum absolute atomic E-state index is 15.0. The molecule has 1 unspecified atom stereocenters. The third kappa shape index (κ3) is 5.15. The summed E-state index contributed by atoms with van der Waals surface area (Å²) in [4.78, 5) is 22.7. The first-order valence-corrected chi connectivity index (χ1v) is 15.3. The van der Waals surface area contributed by atoms with Crippen molar-refractivity contribution in [2.45, 2.75) is 65.0 Å². The molecule has 1 spiro atoms. The molecule has 2 saturated heterocycles. The fourth-order valence-electron chi connectivity index (χ4n) is 7.10. The average Bonchev–Trinajstić information content (AvgIpc) is 3.56. The van der Waals surface area contributed by atoms with Gasteiger partial charge in [0.2, 0.25) is 5.95 Å². The molecule has 42 heavy (non-hydrogen) atoms. The Labute approximate surface area is 245 Å². The molecule has 8 nitrogen and oxygen atoms in total. The van der Waals surface area contributed by atoms with Crippen molar-refractivity contribution in [3.63, 3.8) is 0 Å². The van der Waals surface area contributed by atoms with Crippen molar-refractivity contribution < 1.29 is 8.78 Å². The molecule has 0 aliphatic carbocycles. The number of fused-ring (bicyclic) bond motifs is 3. The fourth-order valence-corrected chi connectivity index (χ4v) is 7.10. The normalized spacial score (nSPS) is 20.8. The molecule has 3 aliphatic heterocycles. The number of benzene rings is 1. The summed E-state index contributed by atoms with van der Waals surface area (Å²) in [5.74, 6) is 0.545. The highest BCUT2D eigenvalue weighted by Gasteiger charge is 2.37. The van der Waals surface area contributed by atoms with Crippen molar-refractivity contribution in [1.29, 1.82) is 0 Å². The highest BCUT2D eigenvalue weighted by Crippen LogP contribution is 2.41. The van der Waals surface area contributed by atoms with E-state index in [9.17, 15) is 4.39 Å². The summed E-state index contributed by atoms with van der Waals surface area (Å²) >= 11 is 0. The van der Waals surface area contributed by atoms with Gasteiger partial charge in [0.25, 0.3) is 0 Å². The maximum Gasteiger partial charge on any atom is 0.229 e. The Kier molecular flexibility index (Phi) is 7.14. The van der Waals surface area contributed by atoms with Crippen molar-refractivity contribution in [3.05, 3.63) is 59.7 Å². The van der Waals surface area contributed by atoms with Crippen LogP contribution < -0.4 is 5.32 Å². The third-order valence-electron chi connectivity index (χ3n) is 9.82. The van der Waals surface area contributed by atoms with Crippen LogP contribution in [0.5, 0.6) is 0 Å². The molecule has 0 radical (unpaired) electrons. The number of halogens is 2. The molecule has 6 heterocycles. The van der Waals surface area contributed by atoms with Crippen molar-refractivity contribution in [2.24, 2.45) is 5.41 Å². The largest absolute Gasteiger partial charge is 0.325 e. The van der Waals surface area contributed by atoms with E-state index in [1.54, 1.807) is 6.07 Å². The van der Waals surface area contributed by atoms with Gasteiger partial charge in [-0.2, -0.15) is 0 Å². The van der Waals surface area contributed by atoms with E-state index in [4.69, 9.17) is 0 Å². The number of aryl methyl sites for hydroxylation is 1. The lowest BCUT2D eigenvalue weighted by atomic mass is 9.71. The number of hydrogen-bond donors (Lipinski definition) is 1. The molecule has 220 valence electrons. The van der Waals surface area contributed by atoms with Crippen LogP contribution in [0.15, 0.2) is 36.7 Å². The Bertz CT molecular complexity index is 1580. The molecule has 0 amide bonds. The molecule has 0 bridgehead atoms. The number of likely N-dealkylation sites (tertiary alicyclic amines) is 2.